The number of nitrogens with zero attached hydrogens (tertiary/aromatic N) is 1. The van der Waals surface area contributed by atoms with Gasteiger partial charge in [-0.3, -0.25) is 19.3 Å². The fraction of sp³-hybridized carbons (Fsp3) is 0.136. The van der Waals surface area contributed by atoms with Gasteiger partial charge in [-0.1, -0.05) is 41.9 Å². The molecule has 0 bridgehead atoms. The second kappa shape index (κ2) is 6.77. The number of halogens is 1. The number of hydrogen-bond acceptors (Lipinski definition) is 3. The molecule has 6 heteroatoms. The fourth-order valence-corrected chi connectivity index (χ4v) is 3.99. The second-order valence-corrected chi connectivity index (χ2v) is 7.30. The molecular weight excluding hydrogens is 376 g/mol. The largest absolute Gasteiger partial charge is 0.323 e. The third-order valence-corrected chi connectivity index (χ3v) is 5.15. The Morgan fingerprint density at radius 3 is 2.18 bits per heavy atom. The zero-order valence-electron chi connectivity index (χ0n) is 15.4. The lowest BCUT2D eigenvalue weighted by molar-refractivity contribution is -0.116. The predicted molar refractivity (Wildman–Crippen MR) is 109 cm³/mol. The van der Waals surface area contributed by atoms with E-state index in [2.05, 4.69) is 5.32 Å². The molecule has 140 valence electrons. The van der Waals surface area contributed by atoms with E-state index in [1.54, 1.807) is 30.3 Å². The van der Waals surface area contributed by atoms with E-state index < -0.39 is 17.7 Å². The Morgan fingerprint density at radius 1 is 1.00 bits per heavy atom. The molecule has 0 aliphatic carbocycles. The Hall–Kier alpha value is -3.18. The number of carbonyl (C=O) groups is 3. The molecule has 1 N–H and O–H groups in total. The quantitative estimate of drug-likeness (QED) is 0.674. The Labute approximate surface area is 166 Å². The van der Waals surface area contributed by atoms with Gasteiger partial charge in [0, 0.05) is 16.5 Å². The first-order valence-electron chi connectivity index (χ1n) is 8.81. The van der Waals surface area contributed by atoms with Crippen molar-refractivity contribution in [2.75, 3.05) is 11.9 Å². The first-order valence-corrected chi connectivity index (χ1v) is 9.19. The van der Waals surface area contributed by atoms with Crippen molar-refractivity contribution in [2.24, 2.45) is 0 Å². The molecule has 0 unspecified atom stereocenters. The van der Waals surface area contributed by atoms with Crippen LogP contribution in [0.5, 0.6) is 0 Å². The van der Waals surface area contributed by atoms with E-state index >= 15 is 0 Å². The molecule has 0 atom stereocenters. The molecule has 0 saturated heterocycles. The molecule has 4 rings (SSSR count). The van der Waals surface area contributed by atoms with Crippen molar-refractivity contribution in [1.29, 1.82) is 0 Å². The molecular formula is C22H17ClN2O3. The predicted octanol–water partition coefficient (Wildman–Crippen LogP) is 4.34. The van der Waals surface area contributed by atoms with Crippen molar-refractivity contribution in [3.8, 4) is 0 Å². The van der Waals surface area contributed by atoms with Crippen molar-refractivity contribution < 1.29 is 14.4 Å². The summed E-state index contributed by atoms with van der Waals surface area (Å²) in [7, 11) is 0. The van der Waals surface area contributed by atoms with Gasteiger partial charge in [0.2, 0.25) is 5.91 Å². The summed E-state index contributed by atoms with van der Waals surface area (Å²) in [6.07, 6.45) is 0. The minimum Gasteiger partial charge on any atom is -0.323 e. The molecule has 1 aliphatic rings. The van der Waals surface area contributed by atoms with Crippen LogP contribution in [0.2, 0.25) is 5.02 Å². The van der Waals surface area contributed by atoms with Gasteiger partial charge in [0.25, 0.3) is 11.8 Å². The molecule has 0 aromatic heterocycles. The van der Waals surface area contributed by atoms with Gasteiger partial charge in [-0.2, -0.15) is 0 Å². The van der Waals surface area contributed by atoms with Gasteiger partial charge < -0.3 is 5.32 Å². The summed E-state index contributed by atoms with van der Waals surface area (Å²) < 4.78 is 0. The summed E-state index contributed by atoms with van der Waals surface area (Å²) in [6, 6.07) is 14.2. The molecule has 3 amide bonds. The van der Waals surface area contributed by atoms with E-state index in [0.717, 1.165) is 21.4 Å². The minimum atomic E-state index is -0.484. The smallest absolute Gasteiger partial charge is 0.261 e. The highest BCUT2D eigenvalue weighted by molar-refractivity contribution is 6.34. The van der Waals surface area contributed by atoms with Crippen molar-refractivity contribution in [3.63, 3.8) is 0 Å². The van der Waals surface area contributed by atoms with Crippen LogP contribution in [0, 0.1) is 13.8 Å². The summed E-state index contributed by atoms with van der Waals surface area (Å²) >= 11 is 6.24. The number of aryl methyl sites for hydroxylation is 2. The van der Waals surface area contributed by atoms with Crippen LogP contribution in [0.25, 0.3) is 10.8 Å². The maximum atomic E-state index is 12.9. The van der Waals surface area contributed by atoms with Crippen molar-refractivity contribution in [1.82, 2.24) is 4.90 Å². The molecule has 0 spiro atoms. The number of amides is 3. The third kappa shape index (κ3) is 2.94. The number of anilines is 1. The van der Waals surface area contributed by atoms with Gasteiger partial charge in [0.1, 0.15) is 6.54 Å². The van der Waals surface area contributed by atoms with Gasteiger partial charge in [-0.15, -0.1) is 0 Å². The van der Waals surface area contributed by atoms with E-state index in [1.807, 2.05) is 32.0 Å². The summed E-state index contributed by atoms with van der Waals surface area (Å²) in [6.45, 7) is 3.36. The molecule has 0 saturated carbocycles. The topological polar surface area (TPSA) is 66.5 Å². The van der Waals surface area contributed by atoms with Crippen LogP contribution >= 0.6 is 11.6 Å². The van der Waals surface area contributed by atoms with E-state index in [9.17, 15) is 14.4 Å². The summed E-state index contributed by atoms with van der Waals surface area (Å²) in [4.78, 5) is 39.3. The first kappa shape index (κ1) is 18.2. The van der Waals surface area contributed by atoms with Crippen LogP contribution in [0.1, 0.15) is 31.8 Å². The molecule has 1 heterocycles. The van der Waals surface area contributed by atoms with Gasteiger partial charge >= 0.3 is 0 Å². The Kier molecular flexibility index (Phi) is 4.40. The number of carbonyl (C=O) groups excluding carboxylic acids is 3. The van der Waals surface area contributed by atoms with Crippen LogP contribution in [-0.4, -0.2) is 29.2 Å². The van der Waals surface area contributed by atoms with Crippen LogP contribution in [0.15, 0.2) is 48.5 Å². The van der Waals surface area contributed by atoms with Crippen LogP contribution in [0.3, 0.4) is 0 Å². The van der Waals surface area contributed by atoms with Gasteiger partial charge in [-0.25, -0.2) is 0 Å². The van der Waals surface area contributed by atoms with Crippen molar-refractivity contribution in [2.45, 2.75) is 13.8 Å². The molecule has 0 radical (unpaired) electrons. The minimum absolute atomic E-state index is 0.383. The van der Waals surface area contributed by atoms with Crippen LogP contribution in [-0.2, 0) is 4.79 Å². The van der Waals surface area contributed by atoms with Gasteiger partial charge in [-0.05, 0) is 48.6 Å². The van der Waals surface area contributed by atoms with Gasteiger partial charge in [0.15, 0.2) is 0 Å². The van der Waals surface area contributed by atoms with E-state index in [-0.39, 0.29) is 6.54 Å². The molecule has 3 aromatic carbocycles. The maximum absolute atomic E-state index is 12.9. The van der Waals surface area contributed by atoms with E-state index in [0.29, 0.717) is 27.2 Å². The lowest BCUT2D eigenvalue weighted by Gasteiger charge is -2.26. The normalized spacial score (nSPS) is 13.2. The number of rotatable bonds is 3. The molecule has 0 fully saturated rings. The Balaban J connectivity index is 1.64. The van der Waals surface area contributed by atoms with Crippen LogP contribution < -0.4 is 5.32 Å². The molecule has 1 aliphatic heterocycles. The average molecular weight is 393 g/mol. The third-order valence-electron chi connectivity index (χ3n) is 4.85. The molecule has 3 aromatic rings. The number of imide groups is 1. The maximum Gasteiger partial charge on any atom is 0.261 e. The average Bonchev–Trinajstić information content (AvgIpc) is 2.66. The lowest BCUT2D eigenvalue weighted by atomic mass is 9.94. The fourth-order valence-electron chi connectivity index (χ4n) is 3.62. The van der Waals surface area contributed by atoms with Crippen molar-refractivity contribution >= 4 is 45.8 Å². The molecule has 28 heavy (non-hydrogen) atoms. The zero-order chi connectivity index (χ0) is 20.0. The standard InChI is InChI=1S/C22H17ClN2O3/c1-12-9-13(2)20(17(23)10-12)24-18(26)11-25-21(27)15-7-3-5-14-6-4-8-16(19(14)15)22(25)28/h3-10H,11H2,1-2H3,(H,24,26). The van der Waals surface area contributed by atoms with Crippen LogP contribution in [0.4, 0.5) is 5.69 Å². The summed E-state index contributed by atoms with van der Waals surface area (Å²) in [5.74, 6) is -1.44. The highest BCUT2D eigenvalue weighted by Crippen LogP contribution is 2.30. The summed E-state index contributed by atoms with van der Waals surface area (Å²) in [5, 5.41) is 4.60. The zero-order valence-corrected chi connectivity index (χ0v) is 16.1. The van der Waals surface area contributed by atoms with Gasteiger partial charge in [0.05, 0.1) is 10.7 Å². The monoisotopic (exact) mass is 392 g/mol. The number of hydrogen-bond donors (Lipinski definition) is 1. The number of nitrogens with one attached hydrogen (secondary N) is 1. The number of benzene rings is 3. The Morgan fingerprint density at radius 2 is 1.61 bits per heavy atom. The Bertz CT molecular complexity index is 1100. The first-order chi connectivity index (χ1) is 13.4. The second-order valence-electron chi connectivity index (χ2n) is 6.89. The SMILES string of the molecule is Cc1cc(C)c(NC(=O)CN2C(=O)c3cccc4cccc(c34)C2=O)c(Cl)c1. The van der Waals surface area contributed by atoms with Crippen molar-refractivity contribution in [3.05, 3.63) is 75.8 Å². The van der Waals surface area contributed by atoms with E-state index in [1.165, 1.54) is 0 Å². The van der Waals surface area contributed by atoms with E-state index in [4.69, 9.17) is 11.6 Å². The highest BCUT2D eigenvalue weighted by Gasteiger charge is 2.33. The lowest BCUT2D eigenvalue weighted by Crippen LogP contribution is -2.44. The summed E-state index contributed by atoms with van der Waals surface area (Å²) in [5.41, 5.74) is 3.11. The molecule has 5 nitrogen and oxygen atoms in total. The highest BCUT2D eigenvalue weighted by atomic mass is 35.5.